The molecule has 4 rings (SSSR count). The first-order valence-electron chi connectivity index (χ1n) is 7.14. The first kappa shape index (κ1) is 9.50. The molecule has 4 aliphatic carbocycles. The number of allylic oxidation sites excluding steroid dienone is 4. The van der Waals surface area contributed by atoms with E-state index in [1.165, 1.54) is 25.7 Å². The second kappa shape index (κ2) is 2.83. The van der Waals surface area contributed by atoms with Crippen molar-refractivity contribution in [1.82, 2.24) is 0 Å². The molecule has 3 fully saturated rings. The molecule has 0 nitrogen and oxygen atoms in total. The summed E-state index contributed by atoms with van der Waals surface area (Å²) in [6, 6.07) is 0. The van der Waals surface area contributed by atoms with Gasteiger partial charge in [-0.2, -0.15) is 0 Å². The van der Waals surface area contributed by atoms with Gasteiger partial charge in [0.2, 0.25) is 0 Å². The highest BCUT2D eigenvalue weighted by molar-refractivity contribution is 5.33. The summed E-state index contributed by atoms with van der Waals surface area (Å²) >= 11 is 0. The van der Waals surface area contributed by atoms with Crippen LogP contribution in [0.1, 0.15) is 39.5 Å². The first-order valence-corrected chi connectivity index (χ1v) is 7.14. The van der Waals surface area contributed by atoms with Crippen molar-refractivity contribution in [1.29, 1.82) is 0 Å². The maximum atomic E-state index is 2.57. The van der Waals surface area contributed by atoms with Crippen molar-refractivity contribution < 1.29 is 0 Å². The van der Waals surface area contributed by atoms with Gasteiger partial charge in [0, 0.05) is 0 Å². The Balaban J connectivity index is 1.84. The van der Waals surface area contributed by atoms with Crippen LogP contribution >= 0.6 is 0 Å². The van der Waals surface area contributed by atoms with Crippen molar-refractivity contribution in [2.24, 2.45) is 35.0 Å². The molecule has 6 unspecified atom stereocenters. The molecule has 0 aliphatic heterocycles. The highest BCUT2D eigenvalue weighted by Gasteiger charge is 2.67. The van der Waals surface area contributed by atoms with Crippen molar-refractivity contribution in [3.63, 3.8) is 0 Å². The summed E-state index contributed by atoms with van der Waals surface area (Å²) in [5.41, 5.74) is 2.54. The zero-order valence-corrected chi connectivity index (χ0v) is 10.4. The quantitative estimate of drug-likeness (QED) is 0.453. The fourth-order valence-corrected chi connectivity index (χ4v) is 6.17. The van der Waals surface area contributed by atoms with Gasteiger partial charge < -0.3 is 0 Å². The highest BCUT2D eigenvalue weighted by Crippen LogP contribution is 2.74. The summed E-state index contributed by atoms with van der Waals surface area (Å²) in [7, 11) is 0. The Labute approximate surface area is 98.8 Å². The van der Waals surface area contributed by atoms with Gasteiger partial charge in [-0.05, 0) is 67.6 Å². The summed E-state index contributed by atoms with van der Waals surface area (Å²) in [6.45, 7) is 4.71. The molecule has 0 aromatic carbocycles. The third kappa shape index (κ3) is 0.792. The van der Waals surface area contributed by atoms with E-state index in [0.29, 0.717) is 0 Å². The molecule has 3 saturated carbocycles. The summed E-state index contributed by atoms with van der Waals surface area (Å²) in [4.78, 5) is 0. The van der Waals surface area contributed by atoms with Crippen LogP contribution in [-0.4, -0.2) is 0 Å². The molecular formula is C16H22. The molecule has 0 radical (unpaired) electrons. The van der Waals surface area contributed by atoms with Crippen LogP contribution in [0.4, 0.5) is 0 Å². The van der Waals surface area contributed by atoms with Crippen LogP contribution < -0.4 is 0 Å². The molecular weight excluding hydrogens is 192 g/mol. The molecule has 16 heavy (non-hydrogen) atoms. The highest BCUT2D eigenvalue weighted by atomic mass is 14.7. The van der Waals surface area contributed by atoms with Crippen LogP contribution in [-0.2, 0) is 0 Å². The van der Waals surface area contributed by atoms with Crippen molar-refractivity contribution >= 4 is 0 Å². The predicted molar refractivity (Wildman–Crippen MR) is 66.9 cm³/mol. The van der Waals surface area contributed by atoms with Crippen molar-refractivity contribution in [3.05, 3.63) is 23.8 Å². The van der Waals surface area contributed by atoms with E-state index < -0.39 is 0 Å². The minimum absolute atomic E-state index is 0.733. The van der Waals surface area contributed by atoms with Gasteiger partial charge in [0.25, 0.3) is 0 Å². The molecule has 6 atom stereocenters. The van der Waals surface area contributed by atoms with Crippen LogP contribution in [0.2, 0.25) is 0 Å². The second-order valence-corrected chi connectivity index (χ2v) is 6.49. The Bertz CT molecular complexity index is 389. The largest absolute Gasteiger partial charge is 0.0882 e. The smallest absolute Gasteiger partial charge is 0.0161 e. The minimum Gasteiger partial charge on any atom is -0.0882 e. The molecule has 0 aromatic heterocycles. The maximum Gasteiger partial charge on any atom is -0.0161 e. The lowest BCUT2D eigenvalue weighted by atomic mass is 9.59. The first-order chi connectivity index (χ1) is 7.81. The van der Waals surface area contributed by atoms with Gasteiger partial charge in [0.05, 0.1) is 0 Å². The van der Waals surface area contributed by atoms with Gasteiger partial charge in [-0.25, -0.2) is 0 Å². The molecule has 0 spiro atoms. The van der Waals surface area contributed by atoms with Crippen LogP contribution in [0.5, 0.6) is 0 Å². The number of hydrogen-bond donors (Lipinski definition) is 0. The second-order valence-electron chi connectivity index (χ2n) is 6.49. The SMILES string of the molecule is CC=C1CC2CC1C1C3C=CC(C3)C21CC. The lowest BCUT2D eigenvalue weighted by molar-refractivity contribution is 0.0783. The Morgan fingerprint density at radius 1 is 1.38 bits per heavy atom. The van der Waals surface area contributed by atoms with Crippen molar-refractivity contribution in [2.75, 3.05) is 0 Å². The van der Waals surface area contributed by atoms with Crippen LogP contribution in [0.25, 0.3) is 0 Å². The molecule has 0 saturated heterocycles. The van der Waals surface area contributed by atoms with Gasteiger partial charge in [-0.15, -0.1) is 0 Å². The summed E-state index contributed by atoms with van der Waals surface area (Å²) in [5, 5.41) is 0. The lowest BCUT2D eigenvalue weighted by Gasteiger charge is -2.45. The van der Waals surface area contributed by atoms with E-state index in [0.717, 1.165) is 35.0 Å². The van der Waals surface area contributed by atoms with Crippen LogP contribution in [0.3, 0.4) is 0 Å². The molecule has 0 heteroatoms. The maximum absolute atomic E-state index is 2.57. The topological polar surface area (TPSA) is 0 Å². The molecule has 86 valence electrons. The third-order valence-corrected chi connectivity index (χ3v) is 6.56. The predicted octanol–water partition coefficient (Wildman–Crippen LogP) is 4.19. The van der Waals surface area contributed by atoms with Gasteiger partial charge in [-0.1, -0.05) is 30.7 Å². The lowest BCUT2D eigenvalue weighted by Crippen LogP contribution is -2.39. The molecule has 0 aromatic rings. The molecule has 0 N–H and O–H groups in total. The average molecular weight is 214 g/mol. The van der Waals surface area contributed by atoms with E-state index in [1.807, 2.05) is 0 Å². The van der Waals surface area contributed by atoms with E-state index in [4.69, 9.17) is 0 Å². The Morgan fingerprint density at radius 3 is 3.00 bits per heavy atom. The fraction of sp³-hybridized carbons (Fsp3) is 0.750. The van der Waals surface area contributed by atoms with Crippen LogP contribution in [0, 0.1) is 35.0 Å². The van der Waals surface area contributed by atoms with E-state index >= 15 is 0 Å². The Morgan fingerprint density at radius 2 is 2.25 bits per heavy atom. The van der Waals surface area contributed by atoms with Gasteiger partial charge in [-0.3, -0.25) is 0 Å². The van der Waals surface area contributed by atoms with E-state index in [2.05, 4.69) is 32.1 Å². The van der Waals surface area contributed by atoms with E-state index in [1.54, 1.807) is 5.57 Å². The summed E-state index contributed by atoms with van der Waals surface area (Å²) in [5.74, 6) is 4.90. The van der Waals surface area contributed by atoms with Crippen LogP contribution in [0.15, 0.2) is 23.8 Å². The Hall–Kier alpha value is -0.520. The Kier molecular flexibility index (Phi) is 1.68. The minimum atomic E-state index is 0.733. The summed E-state index contributed by atoms with van der Waals surface area (Å²) < 4.78 is 0. The van der Waals surface area contributed by atoms with E-state index in [9.17, 15) is 0 Å². The normalized spacial score (nSPS) is 58.9. The molecule has 4 bridgehead atoms. The van der Waals surface area contributed by atoms with E-state index in [-0.39, 0.29) is 0 Å². The standard InChI is InChI=1S/C16H22/c1-3-10-7-13-9-14(10)15-11-5-6-12(8-11)16(13,15)4-2/h3,5-6,11-15H,4,7-9H2,1-2H3. The molecule has 0 amide bonds. The average Bonchev–Trinajstić information content (AvgIpc) is 3.04. The monoisotopic (exact) mass is 214 g/mol. The van der Waals surface area contributed by atoms with Gasteiger partial charge >= 0.3 is 0 Å². The third-order valence-electron chi connectivity index (χ3n) is 6.56. The number of fused-ring (bicyclic) bond motifs is 9. The van der Waals surface area contributed by atoms with Crippen molar-refractivity contribution in [3.8, 4) is 0 Å². The number of rotatable bonds is 1. The van der Waals surface area contributed by atoms with Crippen molar-refractivity contribution in [2.45, 2.75) is 39.5 Å². The molecule has 4 aliphatic rings. The van der Waals surface area contributed by atoms with Gasteiger partial charge in [0.15, 0.2) is 0 Å². The zero-order chi connectivity index (χ0) is 10.9. The number of hydrogen-bond acceptors (Lipinski definition) is 0. The van der Waals surface area contributed by atoms with Gasteiger partial charge in [0.1, 0.15) is 0 Å². The fourth-order valence-electron chi connectivity index (χ4n) is 6.17. The molecule has 0 heterocycles. The zero-order valence-electron chi connectivity index (χ0n) is 10.4. The summed E-state index contributed by atoms with van der Waals surface area (Å²) in [6.07, 6.45) is 13.4.